The summed E-state index contributed by atoms with van der Waals surface area (Å²) >= 11 is 0. The molecule has 1 aliphatic rings. The summed E-state index contributed by atoms with van der Waals surface area (Å²) in [5.74, 6) is 1.32. The molecule has 0 aliphatic carbocycles. The van der Waals surface area contributed by atoms with E-state index in [-0.39, 0.29) is 5.82 Å². The highest BCUT2D eigenvalue weighted by atomic mass is 19.1. The number of nitrogens with zero attached hydrogens (tertiary/aromatic N) is 2. The molecule has 30 heavy (non-hydrogen) atoms. The van der Waals surface area contributed by atoms with Crippen LogP contribution in [0.5, 0.6) is 11.5 Å². The van der Waals surface area contributed by atoms with Gasteiger partial charge in [0.05, 0.1) is 7.11 Å². The van der Waals surface area contributed by atoms with Gasteiger partial charge in [-0.15, -0.1) is 0 Å². The van der Waals surface area contributed by atoms with Gasteiger partial charge in [0.15, 0.2) is 11.5 Å². The molecule has 0 bridgehead atoms. The first-order valence-electron chi connectivity index (χ1n) is 10.3. The third-order valence-corrected chi connectivity index (χ3v) is 5.44. The van der Waals surface area contributed by atoms with Gasteiger partial charge in [-0.1, -0.05) is 36.4 Å². The number of ether oxygens (including phenoxy) is 2. The summed E-state index contributed by atoms with van der Waals surface area (Å²) < 4.78 is 24.7. The first-order valence-corrected chi connectivity index (χ1v) is 10.3. The lowest BCUT2D eigenvalue weighted by molar-refractivity contribution is 0.248. The normalized spacial score (nSPS) is 14.5. The van der Waals surface area contributed by atoms with Crippen molar-refractivity contribution in [2.24, 2.45) is 0 Å². The zero-order valence-corrected chi connectivity index (χ0v) is 17.3. The van der Waals surface area contributed by atoms with Crippen LogP contribution in [0, 0.1) is 5.82 Å². The monoisotopic (exact) mass is 406 g/mol. The second-order valence-corrected chi connectivity index (χ2v) is 7.50. The number of rotatable bonds is 7. The molecule has 1 aliphatic heterocycles. The van der Waals surface area contributed by atoms with E-state index in [4.69, 9.17) is 9.47 Å². The standard InChI is InChI=1S/C25H27FN2O2/c1-29-25-17-21(7-12-24(25)30-19-20-5-3-2-4-6-20)18-27-13-15-28(16-14-27)23-10-8-22(26)9-11-23/h2-12,17H,13-16,18-19H2,1H3. The van der Waals surface area contributed by atoms with E-state index in [1.54, 1.807) is 7.11 Å². The van der Waals surface area contributed by atoms with Crippen molar-refractivity contribution in [3.05, 3.63) is 89.7 Å². The Morgan fingerprint density at radius 1 is 0.800 bits per heavy atom. The van der Waals surface area contributed by atoms with Crippen LogP contribution in [0.4, 0.5) is 10.1 Å². The summed E-state index contributed by atoms with van der Waals surface area (Å²) in [5.41, 5.74) is 3.41. The highest BCUT2D eigenvalue weighted by molar-refractivity contribution is 5.47. The summed E-state index contributed by atoms with van der Waals surface area (Å²) in [7, 11) is 1.68. The van der Waals surface area contributed by atoms with Crippen LogP contribution in [0.25, 0.3) is 0 Å². The Labute approximate surface area is 177 Å². The van der Waals surface area contributed by atoms with Crippen LogP contribution in [0.1, 0.15) is 11.1 Å². The highest BCUT2D eigenvalue weighted by Crippen LogP contribution is 2.29. The highest BCUT2D eigenvalue weighted by Gasteiger charge is 2.18. The molecule has 0 N–H and O–H groups in total. The van der Waals surface area contributed by atoms with E-state index in [0.717, 1.165) is 55.5 Å². The second-order valence-electron chi connectivity index (χ2n) is 7.50. The van der Waals surface area contributed by atoms with Gasteiger partial charge in [-0.25, -0.2) is 4.39 Å². The molecule has 0 radical (unpaired) electrons. The van der Waals surface area contributed by atoms with Crippen LogP contribution in [-0.4, -0.2) is 38.2 Å². The molecule has 4 nitrogen and oxygen atoms in total. The number of anilines is 1. The second kappa shape index (κ2) is 9.63. The molecule has 0 aromatic heterocycles. The number of methoxy groups -OCH3 is 1. The molecule has 1 heterocycles. The average Bonchev–Trinajstić information content (AvgIpc) is 2.80. The largest absolute Gasteiger partial charge is 0.493 e. The average molecular weight is 407 g/mol. The fourth-order valence-electron chi connectivity index (χ4n) is 3.74. The molecule has 5 heteroatoms. The summed E-state index contributed by atoms with van der Waals surface area (Å²) in [6.07, 6.45) is 0. The Kier molecular flexibility index (Phi) is 6.50. The number of hydrogen-bond acceptors (Lipinski definition) is 4. The van der Waals surface area contributed by atoms with Crippen LogP contribution in [0.2, 0.25) is 0 Å². The van der Waals surface area contributed by atoms with Crippen molar-refractivity contribution in [2.45, 2.75) is 13.2 Å². The predicted molar refractivity (Wildman–Crippen MR) is 118 cm³/mol. The van der Waals surface area contributed by atoms with Crippen molar-refractivity contribution in [1.82, 2.24) is 4.90 Å². The third-order valence-electron chi connectivity index (χ3n) is 5.44. The number of benzene rings is 3. The molecule has 0 amide bonds. The van der Waals surface area contributed by atoms with E-state index in [1.165, 1.54) is 17.7 Å². The van der Waals surface area contributed by atoms with Gasteiger partial charge < -0.3 is 14.4 Å². The van der Waals surface area contributed by atoms with Gasteiger partial charge >= 0.3 is 0 Å². The van der Waals surface area contributed by atoms with Gasteiger partial charge in [-0.05, 0) is 47.5 Å². The van der Waals surface area contributed by atoms with Crippen LogP contribution >= 0.6 is 0 Å². The topological polar surface area (TPSA) is 24.9 Å². The smallest absolute Gasteiger partial charge is 0.161 e. The molecule has 0 atom stereocenters. The quantitative estimate of drug-likeness (QED) is 0.566. The maximum Gasteiger partial charge on any atom is 0.161 e. The lowest BCUT2D eigenvalue weighted by Gasteiger charge is -2.36. The van der Waals surface area contributed by atoms with E-state index in [0.29, 0.717) is 6.61 Å². The minimum Gasteiger partial charge on any atom is -0.493 e. The van der Waals surface area contributed by atoms with E-state index in [2.05, 4.69) is 21.9 Å². The van der Waals surface area contributed by atoms with Crippen LogP contribution in [0.3, 0.4) is 0 Å². The molecule has 0 saturated carbocycles. The molecular formula is C25H27FN2O2. The molecule has 1 saturated heterocycles. The first kappa shape index (κ1) is 20.2. The Bertz CT molecular complexity index is 939. The molecular weight excluding hydrogens is 379 g/mol. The number of piperazine rings is 1. The SMILES string of the molecule is COc1cc(CN2CCN(c3ccc(F)cc3)CC2)ccc1OCc1ccccc1. The summed E-state index contributed by atoms with van der Waals surface area (Å²) in [6, 6.07) is 23.0. The Hall–Kier alpha value is -3.05. The van der Waals surface area contributed by atoms with E-state index in [9.17, 15) is 4.39 Å². The zero-order valence-electron chi connectivity index (χ0n) is 17.3. The van der Waals surface area contributed by atoms with Crippen LogP contribution in [0.15, 0.2) is 72.8 Å². The van der Waals surface area contributed by atoms with Crippen molar-refractivity contribution < 1.29 is 13.9 Å². The lowest BCUT2D eigenvalue weighted by atomic mass is 10.1. The van der Waals surface area contributed by atoms with E-state index >= 15 is 0 Å². The molecule has 0 unspecified atom stereocenters. The van der Waals surface area contributed by atoms with Crippen molar-refractivity contribution >= 4 is 5.69 Å². The molecule has 3 aromatic rings. The van der Waals surface area contributed by atoms with Gasteiger partial charge in [0.2, 0.25) is 0 Å². The van der Waals surface area contributed by atoms with Gasteiger partial charge in [-0.3, -0.25) is 4.90 Å². The molecule has 1 fully saturated rings. The van der Waals surface area contributed by atoms with Crippen molar-refractivity contribution in [3.63, 3.8) is 0 Å². The minimum absolute atomic E-state index is 0.192. The van der Waals surface area contributed by atoms with Gasteiger partial charge in [0.25, 0.3) is 0 Å². The van der Waals surface area contributed by atoms with E-state index in [1.807, 2.05) is 48.5 Å². The number of halogens is 1. The molecule has 156 valence electrons. The maximum absolute atomic E-state index is 13.1. The van der Waals surface area contributed by atoms with Gasteiger partial charge in [-0.2, -0.15) is 0 Å². The van der Waals surface area contributed by atoms with Crippen LogP contribution in [-0.2, 0) is 13.2 Å². The fraction of sp³-hybridized carbons (Fsp3) is 0.280. The van der Waals surface area contributed by atoms with Gasteiger partial charge in [0, 0.05) is 38.4 Å². The Morgan fingerprint density at radius 3 is 2.23 bits per heavy atom. The summed E-state index contributed by atoms with van der Waals surface area (Å²) in [4.78, 5) is 4.73. The Morgan fingerprint density at radius 2 is 1.53 bits per heavy atom. The number of hydrogen-bond donors (Lipinski definition) is 0. The molecule has 4 rings (SSSR count). The van der Waals surface area contributed by atoms with E-state index < -0.39 is 0 Å². The maximum atomic E-state index is 13.1. The lowest BCUT2D eigenvalue weighted by Crippen LogP contribution is -2.45. The van der Waals surface area contributed by atoms with Crippen molar-refractivity contribution in [2.75, 3.05) is 38.2 Å². The zero-order chi connectivity index (χ0) is 20.8. The van der Waals surface area contributed by atoms with Crippen LogP contribution < -0.4 is 14.4 Å². The van der Waals surface area contributed by atoms with Crippen molar-refractivity contribution in [3.8, 4) is 11.5 Å². The van der Waals surface area contributed by atoms with Crippen molar-refractivity contribution in [1.29, 1.82) is 0 Å². The molecule has 3 aromatic carbocycles. The summed E-state index contributed by atoms with van der Waals surface area (Å²) in [5, 5.41) is 0. The fourth-order valence-corrected chi connectivity index (χ4v) is 3.74. The third kappa shape index (κ3) is 5.10. The minimum atomic E-state index is -0.192. The van der Waals surface area contributed by atoms with Gasteiger partial charge in [0.1, 0.15) is 12.4 Å². The predicted octanol–water partition coefficient (Wildman–Crippen LogP) is 4.74. The first-order chi connectivity index (χ1) is 14.7. The summed E-state index contributed by atoms with van der Waals surface area (Å²) in [6.45, 7) is 5.18. The Balaban J connectivity index is 1.33. The molecule has 0 spiro atoms.